The number of hydrogen-bond acceptors (Lipinski definition) is 2. The van der Waals surface area contributed by atoms with Crippen molar-refractivity contribution in [3.63, 3.8) is 0 Å². The third-order valence-corrected chi connectivity index (χ3v) is 2.46. The molecule has 0 spiro atoms. The minimum Gasteiger partial charge on any atom is -0.474 e. The van der Waals surface area contributed by atoms with E-state index in [4.69, 9.17) is 5.11 Å². The number of hydrogen-bond donors (Lipinski definition) is 2. The molecule has 0 heterocycles. The van der Waals surface area contributed by atoms with Gasteiger partial charge in [0.15, 0.2) is 0 Å². The van der Waals surface area contributed by atoms with E-state index in [0.717, 1.165) is 22.3 Å². The Balaban J connectivity index is 2.82. The number of nitrogens with one attached hydrogen (secondary N) is 1. The Kier molecular flexibility index (Phi) is 3.66. The van der Waals surface area contributed by atoms with E-state index >= 15 is 0 Å². The zero-order chi connectivity index (χ0) is 12.3. The Bertz CT molecular complexity index is 415. The molecular weight excluding hydrogens is 206 g/mol. The average molecular weight is 221 g/mol. The second-order valence-electron chi connectivity index (χ2n) is 3.87. The molecule has 0 atom stereocenters. The predicted molar refractivity (Wildman–Crippen MR) is 60.1 cm³/mol. The summed E-state index contributed by atoms with van der Waals surface area (Å²) in [7, 11) is 0. The normalized spacial score (nSPS) is 9.94. The fourth-order valence-corrected chi connectivity index (χ4v) is 1.73. The minimum absolute atomic E-state index is 0.253. The maximum atomic E-state index is 10.9. The van der Waals surface area contributed by atoms with E-state index in [9.17, 15) is 9.59 Å². The highest BCUT2D eigenvalue weighted by molar-refractivity contribution is 6.31. The first-order chi connectivity index (χ1) is 7.41. The van der Waals surface area contributed by atoms with Crippen LogP contribution >= 0.6 is 0 Å². The number of amides is 1. The summed E-state index contributed by atoms with van der Waals surface area (Å²) in [5.74, 6) is -2.43. The fourth-order valence-electron chi connectivity index (χ4n) is 1.73. The zero-order valence-corrected chi connectivity index (χ0v) is 9.63. The van der Waals surface area contributed by atoms with Crippen LogP contribution in [0.5, 0.6) is 0 Å². The molecule has 0 aliphatic rings. The highest BCUT2D eigenvalue weighted by atomic mass is 16.4. The van der Waals surface area contributed by atoms with Gasteiger partial charge < -0.3 is 10.4 Å². The lowest BCUT2D eigenvalue weighted by Gasteiger charge is -2.11. The van der Waals surface area contributed by atoms with E-state index in [2.05, 4.69) is 5.32 Å². The Hall–Kier alpha value is -1.84. The summed E-state index contributed by atoms with van der Waals surface area (Å²) in [6.07, 6.45) is 0. The number of carboxylic acid groups (broad SMARTS) is 1. The Morgan fingerprint density at radius 2 is 1.69 bits per heavy atom. The van der Waals surface area contributed by atoms with Gasteiger partial charge in [0.05, 0.1) is 0 Å². The molecule has 1 amide bonds. The molecule has 0 aliphatic heterocycles. The van der Waals surface area contributed by atoms with Gasteiger partial charge in [-0.05, 0) is 37.5 Å². The van der Waals surface area contributed by atoms with Gasteiger partial charge in [-0.25, -0.2) is 4.79 Å². The molecule has 4 heteroatoms. The van der Waals surface area contributed by atoms with Gasteiger partial charge in [0.1, 0.15) is 0 Å². The number of carbonyl (C=O) groups excluding carboxylic acids is 1. The van der Waals surface area contributed by atoms with Gasteiger partial charge in [-0.1, -0.05) is 17.7 Å². The van der Waals surface area contributed by atoms with Crippen molar-refractivity contribution in [3.8, 4) is 0 Å². The molecule has 1 aromatic rings. The first-order valence-electron chi connectivity index (χ1n) is 4.99. The molecule has 0 saturated heterocycles. The van der Waals surface area contributed by atoms with Crippen LogP contribution in [0.15, 0.2) is 12.1 Å². The summed E-state index contributed by atoms with van der Waals surface area (Å²) in [6, 6.07) is 4.02. The van der Waals surface area contributed by atoms with Gasteiger partial charge in [0.25, 0.3) is 0 Å². The van der Waals surface area contributed by atoms with Crippen LogP contribution in [0.25, 0.3) is 0 Å². The molecule has 2 N–H and O–H groups in total. The average Bonchev–Trinajstić information content (AvgIpc) is 2.15. The Labute approximate surface area is 94.3 Å². The zero-order valence-electron chi connectivity index (χ0n) is 9.63. The summed E-state index contributed by atoms with van der Waals surface area (Å²) in [5.41, 5.74) is 4.25. The number of rotatable bonds is 2. The van der Waals surface area contributed by atoms with E-state index in [1.165, 1.54) is 0 Å². The van der Waals surface area contributed by atoms with Gasteiger partial charge in [-0.15, -0.1) is 0 Å². The van der Waals surface area contributed by atoms with Crippen LogP contribution in [-0.2, 0) is 16.1 Å². The minimum atomic E-state index is -1.46. The monoisotopic (exact) mass is 221 g/mol. The van der Waals surface area contributed by atoms with Crippen LogP contribution < -0.4 is 5.32 Å². The van der Waals surface area contributed by atoms with Crippen molar-refractivity contribution < 1.29 is 14.7 Å². The van der Waals surface area contributed by atoms with Crippen molar-refractivity contribution in [2.75, 3.05) is 0 Å². The van der Waals surface area contributed by atoms with Crippen molar-refractivity contribution >= 4 is 11.9 Å². The second kappa shape index (κ2) is 4.79. The summed E-state index contributed by atoms with van der Waals surface area (Å²) in [6.45, 7) is 6.15. The molecule has 0 unspecified atom stereocenters. The third-order valence-electron chi connectivity index (χ3n) is 2.46. The number of carbonyl (C=O) groups is 2. The maximum absolute atomic E-state index is 10.9. The first-order valence-corrected chi connectivity index (χ1v) is 4.99. The molecule has 4 nitrogen and oxygen atoms in total. The van der Waals surface area contributed by atoms with E-state index < -0.39 is 11.9 Å². The second-order valence-corrected chi connectivity index (χ2v) is 3.87. The third kappa shape index (κ3) is 2.82. The molecule has 0 bridgehead atoms. The van der Waals surface area contributed by atoms with Crippen LogP contribution in [0.2, 0.25) is 0 Å². The largest absolute Gasteiger partial charge is 0.474 e. The molecule has 0 aromatic heterocycles. The van der Waals surface area contributed by atoms with Crippen LogP contribution in [0.4, 0.5) is 0 Å². The van der Waals surface area contributed by atoms with E-state index in [1.54, 1.807) is 0 Å². The molecular formula is C12H15NO3. The molecule has 0 radical (unpaired) electrons. The topological polar surface area (TPSA) is 66.4 Å². The lowest BCUT2D eigenvalue weighted by atomic mass is 10.00. The summed E-state index contributed by atoms with van der Waals surface area (Å²) in [4.78, 5) is 21.2. The number of aliphatic carboxylic acids is 1. The van der Waals surface area contributed by atoms with Crippen LogP contribution in [0.1, 0.15) is 22.3 Å². The van der Waals surface area contributed by atoms with Crippen molar-refractivity contribution in [1.29, 1.82) is 0 Å². The highest BCUT2D eigenvalue weighted by Crippen LogP contribution is 2.15. The van der Waals surface area contributed by atoms with Crippen molar-refractivity contribution in [2.24, 2.45) is 0 Å². The Morgan fingerprint density at radius 3 is 2.12 bits per heavy atom. The van der Waals surface area contributed by atoms with Crippen LogP contribution in [0, 0.1) is 20.8 Å². The number of aryl methyl sites for hydroxylation is 3. The van der Waals surface area contributed by atoms with Crippen LogP contribution in [-0.4, -0.2) is 17.0 Å². The van der Waals surface area contributed by atoms with Crippen molar-refractivity contribution in [2.45, 2.75) is 27.3 Å². The number of carboxylic acids is 1. The smallest absolute Gasteiger partial charge is 0.394 e. The summed E-state index contributed by atoms with van der Waals surface area (Å²) >= 11 is 0. The molecule has 1 rings (SSSR count). The van der Waals surface area contributed by atoms with E-state index in [-0.39, 0.29) is 6.54 Å². The van der Waals surface area contributed by atoms with Gasteiger partial charge in [-0.2, -0.15) is 0 Å². The summed E-state index contributed by atoms with van der Waals surface area (Å²) < 4.78 is 0. The van der Waals surface area contributed by atoms with Gasteiger partial charge in [0, 0.05) is 6.54 Å². The van der Waals surface area contributed by atoms with Gasteiger partial charge in [0.2, 0.25) is 0 Å². The molecule has 0 aliphatic carbocycles. The first kappa shape index (κ1) is 12.2. The number of benzene rings is 1. The molecule has 0 fully saturated rings. The highest BCUT2D eigenvalue weighted by Gasteiger charge is 2.11. The molecule has 86 valence electrons. The SMILES string of the molecule is Cc1cc(C)c(CNC(=O)C(=O)O)c(C)c1. The lowest BCUT2D eigenvalue weighted by Crippen LogP contribution is -2.30. The lowest BCUT2D eigenvalue weighted by molar-refractivity contribution is -0.150. The molecule has 1 aromatic carbocycles. The maximum Gasteiger partial charge on any atom is 0.394 e. The van der Waals surface area contributed by atoms with Crippen LogP contribution in [0.3, 0.4) is 0 Å². The molecule has 0 saturated carbocycles. The van der Waals surface area contributed by atoms with Crippen molar-refractivity contribution in [1.82, 2.24) is 5.32 Å². The van der Waals surface area contributed by atoms with Gasteiger partial charge >= 0.3 is 11.9 Å². The quantitative estimate of drug-likeness (QED) is 0.740. The summed E-state index contributed by atoms with van der Waals surface area (Å²) in [5, 5.41) is 10.8. The van der Waals surface area contributed by atoms with E-state index in [1.807, 2.05) is 32.9 Å². The van der Waals surface area contributed by atoms with E-state index in [0.29, 0.717) is 0 Å². The predicted octanol–water partition coefficient (Wildman–Crippen LogP) is 1.31. The molecule has 16 heavy (non-hydrogen) atoms. The van der Waals surface area contributed by atoms with Crippen molar-refractivity contribution in [3.05, 3.63) is 34.4 Å². The fraction of sp³-hybridized carbons (Fsp3) is 0.333. The van der Waals surface area contributed by atoms with Gasteiger partial charge in [-0.3, -0.25) is 4.79 Å². The standard InChI is InChI=1S/C12H15NO3/c1-7-4-8(2)10(9(3)5-7)6-13-11(14)12(15)16/h4-5H,6H2,1-3H3,(H,13,14)(H,15,16). The Morgan fingerprint density at radius 1 is 1.19 bits per heavy atom.